The molecule has 5 aliphatic rings. The molecule has 8 unspecified atom stereocenters. The molecule has 0 bridgehead atoms. The minimum absolute atomic E-state index is 0.0445. The molecule has 0 aliphatic heterocycles. The highest BCUT2D eigenvalue weighted by atomic mass is 16.7. The number of aliphatic hydroxyl groups excluding tert-OH is 1. The Morgan fingerprint density at radius 3 is 2.17 bits per heavy atom. The maximum Gasteiger partial charge on any atom is 0.327 e. The van der Waals surface area contributed by atoms with Crippen LogP contribution in [0.25, 0.3) is 0 Å². The number of carbonyl (C=O) groups excluding carboxylic acids is 4. The summed E-state index contributed by atoms with van der Waals surface area (Å²) in [6.45, 7) is 16.2. The van der Waals surface area contributed by atoms with Gasteiger partial charge in [-0.1, -0.05) is 48.5 Å². The van der Waals surface area contributed by atoms with E-state index < -0.39 is 35.7 Å². The molecule has 0 radical (unpaired) electrons. The molecule has 0 amide bonds. The first kappa shape index (κ1) is 29.5. The fraction of sp³-hybridized carbons (Fsp3) is 0.818. The minimum atomic E-state index is -1.62. The van der Waals surface area contributed by atoms with Gasteiger partial charge in [0.05, 0.1) is 6.10 Å². The number of carbonyl (C=O) groups is 4. The highest BCUT2D eigenvalue weighted by Gasteiger charge is 2.73. The molecule has 0 spiro atoms. The van der Waals surface area contributed by atoms with Gasteiger partial charge in [0.1, 0.15) is 0 Å². The normalized spacial score (nSPS) is 44.0. The zero-order valence-electron chi connectivity index (χ0n) is 25.6. The third-order valence-electron chi connectivity index (χ3n) is 13.2. The minimum Gasteiger partial charge on any atom is -0.428 e. The van der Waals surface area contributed by atoms with Crippen molar-refractivity contribution >= 4 is 23.5 Å². The molecule has 0 aromatic heterocycles. The molecule has 4 saturated carbocycles. The third kappa shape index (κ3) is 3.57. The fourth-order valence-corrected chi connectivity index (χ4v) is 11.0. The van der Waals surface area contributed by atoms with Crippen LogP contribution < -0.4 is 0 Å². The second-order valence-corrected chi connectivity index (χ2v) is 15.2. The average molecular weight is 557 g/mol. The van der Waals surface area contributed by atoms with E-state index in [9.17, 15) is 24.3 Å². The van der Waals surface area contributed by atoms with E-state index in [2.05, 4.69) is 34.6 Å². The van der Waals surface area contributed by atoms with Crippen molar-refractivity contribution in [1.82, 2.24) is 0 Å². The summed E-state index contributed by atoms with van der Waals surface area (Å²) in [7, 11) is 0. The SMILES string of the molecule is CC(=O)OCOC(=O)C12CCC3(C)C(CCC4C5(C)CCC(O)C(C)(C)C5CCC43C)C1=C(C(C)C)C(=O)C2=O. The van der Waals surface area contributed by atoms with Gasteiger partial charge in [0.2, 0.25) is 18.4 Å². The van der Waals surface area contributed by atoms with Crippen LogP contribution in [0.1, 0.15) is 107 Å². The van der Waals surface area contributed by atoms with Crippen LogP contribution in [0.15, 0.2) is 11.1 Å². The van der Waals surface area contributed by atoms with Crippen LogP contribution in [0.3, 0.4) is 0 Å². The Hall–Kier alpha value is -2.02. The highest BCUT2D eigenvalue weighted by molar-refractivity contribution is 6.52. The second-order valence-electron chi connectivity index (χ2n) is 15.2. The Balaban J connectivity index is 1.59. The van der Waals surface area contributed by atoms with E-state index in [-0.39, 0.29) is 46.0 Å². The molecule has 7 heteroatoms. The van der Waals surface area contributed by atoms with Gasteiger partial charge in [0, 0.05) is 12.5 Å². The van der Waals surface area contributed by atoms with Crippen LogP contribution in [0.2, 0.25) is 0 Å². The number of Topliss-reactive ketones (excluding diaryl/α,β-unsaturated/α-hetero) is 2. The summed E-state index contributed by atoms with van der Waals surface area (Å²) < 4.78 is 10.3. The Kier molecular flexibility index (Phi) is 6.81. The molecule has 222 valence electrons. The van der Waals surface area contributed by atoms with Crippen LogP contribution in [0, 0.1) is 50.7 Å². The largest absolute Gasteiger partial charge is 0.428 e. The molecule has 7 nitrogen and oxygen atoms in total. The summed E-state index contributed by atoms with van der Waals surface area (Å²) in [6, 6.07) is 0. The summed E-state index contributed by atoms with van der Waals surface area (Å²) in [5, 5.41) is 11.0. The molecule has 0 aromatic rings. The quantitative estimate of drug-likeness (QED) is 0.209. The molecule has 40 heavy (non-hydrogen) atoms. The fourth-order valence-electron chi connectivity index (χ4n) is 11.0. The van der Waals surface area contributed by atoms with E-state index in [0.29, 0.717) is 29.4 Å². The van der Waals surface area contributed by atoms with E-state index in [1.807, 2.05) is 13.8 Å². The van der Waals surface area contributed by atoms with Gasteiger partial charge >= 0.3 is 11.9 Å². The molecule has 5 aliphatic carbocycles. The monoisotopic (exact) mass is 556 g/mol. The Morgan fingerprint density at radius 1 is 0.875 bits per heavy atom. The topological polar surface area (TPSA) is 107 Å². The maximum absolute atomic E-state index is 13.8. The molecular weight excluding hydrogens is 508 g/mol. The molecule has 0 heterocycles. The van der Waals surface area contributed by atoms with E-state index in [4.69, 9.17) is 9.47 Å². The first-order valence-electron chi connectivity index (χ1n) is 15.3. The second kappa shape index (κ2) is 9.24. The van der Waals surface area contributed by atoms with Gasteiger partial charge < -0.3 is 14.6 Å². The molecule has 5 rings (SSSR count). The van der Waals surface area contributed by atoms with Gasteiger partial charge in [-0.15, -0.1) is 0 Å². The molecule has 0 aromatic carbocycles. The van der Waals surface area contributed by atoms with Gasteiger partial charge in [0.15, 0.2) is 5.41 Å². The number of fused-ring (bicyclic) bond motifs is 7. The van der Waals surface area contributed by atoms with E-state index >= 15 is 0 Å². The predicted octanol–water partition coefficient (Wildman–Crippen LogP) is 5.57. The predicted molar refractivity (Wildman–Crippen MR) is 149 cm³/mol. The summed E-state index contributed by atoms with van der Waals surface area (Å²) in [6.07, 6.45) is 6.26. The van der Waals surface area contributed by atoms with Crippen molar-refractivity contribution in [2.24, 2.45) is 50.7 Å². The number of hydrogen-bond donors (Lipinski definition) is 1. The standard InChI is InChI=1S/C33H48O7/c1-18(2)24-25-20-9-10-22-30(6)13-12-23(35)29(4,5)21(30)11-14-32(22,8)31(20,7)15-16-33(25,27(37)26(24)36)28(38)40-17-39-19(3)34/h18,20-23,35H,9-17H2,1-8H3. The Morgan fingerprint density at radius 2 is 1.55 bits per heavy atom. The Bertz CT molecular complexity index is 1180. The first-order valence-corrected chi connectivity index (χ1v) is 15.3. The van der Waals surface area contributed by atoms with Crippen LogP contribution in [0.4, 0.5) is 0 Å². The highest BCUT2D eigenvalue weighted by Crippen LogP contribution is 2.76. The lowest BCUT2D eigenvalue weighted by atomic mass is 9.33. The molecular formula is C33H48O7. The van der Waals surface area contributed by atoms with E-state index in [1.54, 1.807) is 0 Å². The van der Waals surface area contributed by atoms with Crippen molar-refractivity contribution in [2.75, 3.05) is 6.79 Å². The van der Waals surface area contributed by atoms with E-state index in [1.165, 1.54) is 6.92 Å². The average Bonchev–Trinajstić information content (AvgIpc) is 3.09. The molecule has 0 saturated heterocycles. The third-order valence-corrected chi connectivity index (χ3v) is 13.2. The number of aliphatic hydroxyl groups is 1. The lowest BCUT2D eigenvalue weighted by Crippen LogP contribution is -2.66. The Labute approximate surface area is 238 Å². The van der Waals surface area contributed by atoms with Crippen LogP contribution in [-0.4, -0.2) is 41.5 Å². The number of esters is 2. The number of rotatable bonds is 4. The maximum atomic E-state index is 13.8. The lowest BCUT2D eigenvalue weighted by Gasteiger charge is -2.71. The van der Waals surface area contributed by atoms with Gasteiger partial charge in [-0.2, -0.15) is 0 Å². The van der Waals surface area contributed by atoms with Crippen molar-refractivity contribution in [2.45, 2.75) is 113 Å². The van der Waals surface area contributed by atoms with Crippen molar-refractivity contribution < 1.29 is 33.8 Å². The van der Waals surface area contributed by atoms with Crippen molar-refractivity contribution in [3.63, 3.8) is 0 Å². The van der Waals surface area contributed by atoms with Crippen LogP contribution in [-0.2, 0) is 28.7 Å². The first-order chi connectivity index (χ1) is 18.5. The van der Waals surface area contributed by atoms with Crippen molar-refractivity contribution in [3.05, 3.63) is 11.1 Å². The van der Waals surface area contributed by atoms with E-state index in [0.717, 1.165) is 38.5 Å². The van der Waals surface area contributed by atoms with Crippen LogP contribution >= 0.6 is 0 Å². The van der Waals surface area contributed by atoms with Crippen molar-refractivity contribution in [1.29, 1.82) is 0 Å². The lowest BCUT2D eigenvalue weighted by molar-refractivity contribution is -0.229. The number of ketones is 2. The van der Waals surface area contributed by atoms with Gasteiger partial charge in [-0.05, 0) is 102 Å². The van der Waals surface area contributed by atoms with Crippen LogP contribution in [0.5, 0.6) is 0 Å². The molecule has 1 N–H and O–H groups in total. The molecule has 4 fully saturated rings. The zero-order chi connectivity index (χ0) is 29.6. The summed E-state index contributed by atoms with van der Waals surface area (Å²) in [4.78, 5) is 52.4. The van der Waals surface area contributed by atoms with Gasteiger partial charge in [0.25, 0.3) is 0 Å². The van der Waals surface area contributed by atoms with Gasteiger partial charge in [-0.25, -0.2) is 0 Å². The molecule has 8 atom stereocenters. The number of allylic oxidation sites excluding steroid dienone is 1. The smallest absolute Gasteiger partial charge is 0.327 e. The van der Waals surface area contributed by atoms with Gasteiger partial charge in [-0.3, -0.25) is 19.2 Å². The summed E-state index contributed by atoms with van der Waals surface area (Å²) >= 11 is 0. The van der Waals surface area contributed by atoms with Crippen molar-refractivity contribution in [3.8, 4) is 0 Å². The zero-order valence-corrected chi connectivity index (χ0v) is 25.6. The summed E-state index contributed by atoms with van der Waals surface area (Å²) in [5.74, 6) is -1.97. The summed E-state index contributed by atoms with van der Waals surface area (Å²) in [5.41, 5.74) is -0.724. The number of hydrogen-bond acceptors (Lipinski definition) is 7. The number of ether oxygens (including phenoxy) is 2.